The Balaban J connectivity index is 2.37. The molecule has 0 spiro atoms. The van der Waals surface area contributed by atoms with Crippen LogP contribution in [0.3, 0.4) is 0 Å². The van der Waals surface area contributed by atoms with Gasteiger partial charge in [-0.05, 0) is 6.42 Å². The molecular formula is C9H13F3N2O. The van der Waals surface area contributed by atoms with Crippen molar-refractivity contribution >= 4 is 0 Å². The summed E-state index contributed by atoms with van der Waals surface area (Å²) in [7, 11) is 0. The average molecular weight is 222 g/mol. The lowest BCUT2D eigenvalue weighted by Gasteiger charge is -2.27. The fraction of sp³-hybridized carbons (Fsp3) is 0.667. The second-order valence-corrected chi connectivity index (χ2v) is 3.89. The zero-order valence-corrected chi connectivity index (χ0v) is 8.56. The second-order valence-electron chi connectivity index (χ2n) is 3.89. The molecule has 0 atom stereocenters. The van der Waals surface area contributed by atoms with Gasteiger partial charge in [0.15, 0.2) is 0 Å². The molecule has 0 aliphatic heterocycles. The predicted octanol–water partition coefficient (Wildman–Crippen LogP) is 2.77. The predicted molar refractivity (Wildman–Crippen MR) is 48.5 cm³/mol. The van der Waals surface area contributed by atoms with Gasteiger partial charge in [0.25, 0.3) is 0 Å². The van der Waals surface area contributed by atoms with Crippen molar-refractivity contribution in [2.24, 2.45) is 5.41 Å². The average Bonchev–Trinajstić information content (AvgIpc) is 2.54. The molecule has 0 fully saturated rings. The fourth-order valence-electron chi connectivity index (χ4n) is 0.880. The molecule has 0 aliphatic rings. The van der Waals surface area contributed by atoms with E-state index in [4.69, 9.17) is 4.74 Å². The molecule has 0 aliphatic carbocycles. The highest BCUT2D eigenvalue weighted by atomic mass is 19.4. The Morgan fingerprint density at radius 3 is 2.53 bits per heavy atom. The highest BCUT2D eigenvalue weighted by Gasteiger charge is 2.46. The van der Waals surface area contributed by atoms with Gasteiger partial charge in [-0.1, -0.05) is 13.8 Å². The number of rotatable bonds is 4. The molecule has 1 heterocycles. The first kappa shape index (κ1) is 11.9. The SMILES string of the molecule is CC(C)(CCOc1cc[nH]n1)C(F)(F)F. The number of alkyl halides is 3. The number of nitrogens with zero attached hydrogens (tertiary/aromatic N) is 1. The Bertz CT molecular complexity index is 293. The van der Waals surface area contributed by atoms with Crippen molar-refractivity contribution in [3.63, 3.8) is 0 Å². The van der Waals surface area contributed by atoms with Gasteiger partial charge in [0.05, 0.1) is 12.0 Å². The summed E-state index contributed by atoms with van der Waals surface area (Å²) in [5, 5.41) is 6.18. The van der Waals surface area contributed by atoms with Gasteiger partial charge in [0.1, 0.15) is 0 Å². The lowest BCUT2D eigenvalue weighted by atomic mass is 9.89. The third-order valence-corrected chi connectivity index (χ3v) is 2.22. The summed E-state index contributed by atoms with van der Waals surface area (Å²) in [4.78, 5) is 0. The van der Waals surface area contributed by atoms with Crippen molar-refractivity contribution < 1.29 is 17.9 Å². The van der Waals surface area contributed by atoms with E-state index in [1.807, 2.05) is 0 Å². The smallest absolute Gasteiger partial charge is 0.394 e. The van der Waals surface area contributed by atoms with Crippen LogP contribution in [0.25, 0.3) is 0 Å². The summed E-state index contributed by atoms with van der Waals surface area (Å²) < 4.78 is 42.3. The molecule has 0 amide bonds. The Hall–Kier alpha value is -1.20. The van der Waals surface area contributed by atoms with Gasteiger partial charge in [0.2, 0.25) is 5.88 Å². The number of H-pyrrole nitrogens is 1. The molecule has 86 valence electrons. The highest BCUT2D eigenvalue weighted by molar-refractivity contribution is 5.03. The Kier molecular flexibility index (Phi) is 3.26. The Labute approximate surface area is 85.6 Å². The number of halogens is 3. The molecule has 0 saturated heterocycles. The maximum absolute atomic E-state index is 12.4. The topological polar surface area (TPSA) is 37.9 Å². The maximum atomic E-state index is 12.4. The molecule has 0 aromatic carbocycles. The molecule has 0 bridgehead atoms. The van der Waals surface area contributed by atoms with Crippen molar-refractivity contribution in [1.29, 1.82) is 0 Å². The van der Waals surface area contributed by atoms with E-state index < -0.39 is 11.6 Å². The summed E-state index contributed by atoms with van der Waals surface area (Å²) in [6.45, 7) is 2.30. The minimum absolute atomic E-state index is 0.00262. The van der Waals surface area contributed by atoms with Crippen molar-refractivity contribution in [1.82, 2.24) is 10.2 Å². The minimum atomic E-state index is -4.21. The van der Waals surface area contributed by atoms with Crippen molar-refractivity contribution in [3.05, 3.63) is 12.3 Å². The molecule has 1 N–H and O–H groups in total. The van der Waals surface area contributed by atoms with Crippen LogP contribution in [-0.4, -0.2) is 23.0 Å². The largest absolute Gasteiger partial charge is 0.477 e. The number of aromatic nitrogens is 2. The number of hydrogen-bond acceptors (Lipinski definition) is 2. The van der Waals surface area contributed by atoms with E-state index in [1.165, 1.54) is 0 Å². The van der Waals surface area contributed by atoms with Crippen LogP contribution in [-0.2, 0) is 0 Å². The van der Waals surface area contributed by atoms with Crippen molar-refractivity contribution in [2.75, 3.05) is 6.61 Å². The van der Waals surface area contributed by atoms with Crippen LogP contribution in [0, 0.1) is 5.41 Å². The number of hydrogen-bond donors (Lipinski definition) is 1. The lowest BCUT2D eigenvalue weighted by Crippen LogP contribution is -2.33. The fourth-order valence-corrected chi connectivity index (χ4v) is 0.880. The van der Waals surface area contributed by atoms with E-state index in [0.29, 0.717) is 5.88 Å². The van der Waals surface area contributed by atoms with Crippen LogP contribution in [0.2, 0.25) is 0 Å². The van der Waals surface area contributed by atoms with E-state index >= 15 is 0 Å². The van der Waals surface area contributed by atoms with Crippen LogP contribution in [0.15, 0.2) is 12.3 Å². The zero-order valence-electron chi connectivity index (χ0n) is 8.56. The first-order valence-electron chi connectivity index (χ1n) is 4.52. The van der Waals surface area contributed by atoms with Crippen molar-refractivity contribution in [2.45, 2.75) is 26.4 Å². The molecule has 3 nitrogen and oxygen atoms in total. The first-order valence-corrected chi connectivity index (χ1v) is 4.52. The Morgan fingerprint density at radius 2 is 2.07 bits per heavy atom. The molecule has 1 rings (SSSR count). The zero-order chi connectivity index (χ0) is 11.5. The van der Waals surface area contributed by atoms with Crippen molar-refractivity contribution in [3.8, 4) is 5.88 Å². The first-order chi connectivity index (χ1) is 6.83. The van der Waals surface area contributed by atoms with Gasteiger partial charge < -0.3 is 4.74 Å². The summed E-state index contributed by atoms with van der Waals surface area (Å²) in [5.74, 6) is 0.313. The summed E-state index contributed by atoms with van der Waals surface area (Å²) in [5.41, 5.74) is -1.73. The molecule has 0 radical (unpaired) electrons. The van der Waals surface area contributed by atoms with Crippen LogP contribution < -0.4 is 4.74 Å². The number of nitrogens with one attached hydrogen (secondary N) is 1. The van der Waals surface area contributed by atoms with Crippen LogP contribution in [0.5, 0.6) is 5.88 Å². The van der Waals surface area contributed by atoms with E-state index in [1.54, 1.807) is 12.3 Å². The molecule has 0 saturated carbocycles. The second kappa shape index (κ2) is 4.12. The monoisotopic (exact) mass is 222 g/mol. The molecule has 0 unspecified atom stereocenters. The third kappa shape index (κ3) is 3.14. The maximum Gasteiger partial charge on any atom is 0.394 e. The Morgan fingerprint density at radius 1 is 1.40 bits per heavy atom. The summed E-state index contributed by atoms with van der Waals surface area (Å²) >= 11 is 0. The standard InChI is InChI=1S/C9H13F3N2O/c1-8(2,9(10,11)12)4-6-15-7-3-5-13-14-7/h3,5H,4,6H2,1-2H3,(H,13,14). The van der Waals surface area contributed by atoms with E-state index in [2.05, 4.69) is 10.2 Å². The molecule has 6 heteroatoms. The van der Waals surface area contributed by atoms with Crippen LogP contribution in [0.4, 0.5) is 13.2 Å². The van der Waals surface area contributed by atoms with Gasteiger partial charge in [-0.15, -0.1) is 5.10 Å². The minimum Gasteiger partial charge on any atom is -0.477 e. The van der Waals surface area contributed by atoms with Gasteiger partial charge in [-0.25, -0.2) is 0 Å². The lowest BCUT2D eigenvalue weighted by molar-refractivity contribution is -0.215. The number of aromatic amines is 1. The third-order valence-electron chi connectivity index (χ3n) is 2.22. The summed E-state index contributed by atoms with van der Waals surface area (Å²) in [6.07, 6.45) is -2.75. The van der Waals surface area contributed by atoms with Crippen LogP contribution >= 0.6 is 0 Å². The van der Waals surface area contributed by atoms with Gasteiger partial charge in [0, 0.05) is 12.3 Å². The van der Waals surface area contributed by atoms with Gasteiger partial charge in [-0.2, -0.15) is 13.2 Å². The normalized spacial score (nSPS) is 12.9. The van der Waals surface area contributed by atoms with E-state index in [-0.39, 0.29) is 13.0 Å². The van der Waals surface area contributed by atoms with Gasteiger partial charge >= 0.3 is 6.18 Å². The van der Waals surface area contributed by atoms with Crippen LogP contribution in [0.1, 0.15) is 20.3 Å². The van der Waals surface area contributed by atoms with E-state index in [9.17, 15) is 13.2 Å². The number of ether oxygens (including phenoxy) is 1. The summed E-state index contributed by atoms with van der Waals surface area (Å²) in [6, 6.07) is 1.56. The molecule has 15 heavy (non-hydrogen) atoms. The highest BCUT2D eigenvalue weighted by Crippen LogP contribution is 2.40. The van der Waals surface area contributed by atoms with Gasteiger partial charge in [-0.3, -0.25) is 5.10 Å². The molecule has 1 aromatic rings. The molecule has 1 aromatic heterocycles. The van der Waals surface area contributed by atoms with E-state index in [0.717, 1.165) is 13.8 Å². The quantitative estimate of drug-likeness (QED) is 0.850. The molecular weight excluding hydrogens is 209 g/mol.